The first-order chi connectivity index (χ1) is 6.08. The molecule has 0 N–H and O–H groups in total. The van der Waals surface area contributed by atoms with Gasteiger partial charge in [-0.05, 0) is 20.8 Å². The zero-order valence-corrected chi connectivity index (χ0v) is 9.21. The molecule has 0 aromatic carbocycles. The van der Waals surface area contributed by atoms with Crippen LogP contribution in [-0.4, -0.2) is 44.5 Å². The summed E-state index contributed by atoms with van der Waals surface area (Å²) >= 11 is 0. The first-order valence-electron chi connectivity index (χ1n) is 5.09. The highest BCUT2D eigenvalue weighted by Gasteiger charge is 2.20. The number of morpholine rings is 1. The zero-order chi connectivity index (χ0) is 9.84. The van der Waals surface area contributed by atoms with Crippen LogP contribution in [0.2, 0.25) is 0 Å². The maximum atomic E-state index is 5.66. The monoisotopic (exact) mass is 181 g/mol. The Labute approximate surface area is 82.4 Å². The minimum atomic E-state index is 0.384. The molecule has 1 aliphatic rings. The third-order valence-corrected chi connectivity index (χ3v) is 2.25. The molecule has 0 aromatic heterocycles. The Bertz CT molecular complexity index is 179. The standard InChI is InChI=1S/C10H20BNO/c1-8(2)4-5-12-6-9(3)13-10(11)7-12/h4,9-10H,5-7,11H2,1-3H3. The van der Waals surface area contributed by atoms with Crippen LogP contribution >= 0.6 is 0 Å². The van der Waals surface area contributed by atoms with Crippen LogP contribution in [0.3, 0.4) is 0 Å². The van der Waals surface area contributed by atoms with E-state index in [4.69, 9.17) is 4.74 Å². The molecule has 2 unspecified atom stereocenters. The lowest BCUT2D eigenvalue weighted by molar-refractivity contribution is -0.0361. The molecular weight excluding hydrogens is 161 g/mol. The van der Waals surface area contributed by atoms with Gasteiger partial charge in [-0.25, -0.2) is 0 Å². The fraction of sp³-hybridized carbons (Fsp3) is 0.800. The van der Waals surface area contributed by atoms with E-state index < -0.39 is 0 Å². The highest BCUT2D eigenvalue weighted by atomic mass is 16.5. The summed E-state index contributed by atoms with van der Waals surface area (Å²) in [5.74, 6) is 0. The van der Waals surface area contributed by atoms with Crippen LogP contribution in [0.15, 0.2) is 11.6 Å². The molecular formula is C10H20BNO. The molecule has 0 aromatic rings. The summed E-state index contributed by atoms with van der Waals surface area (Å²) in [5, 5.41) is 0. The van der Waals surface area contributed by atoms with E-state index in [1.807, 2.05) is 0 Å². The third-order valence-electron chi connectivity index (χ3n) is 2.25. The average Bonchev–Trinajstić information content (AvgIpc) is 1.99. The minimum Gasteiger partial charge on any atom is -0.382 e. The lowest BCUT2D eigenvalue weighted by atomic mass is 9.97. The lowest BCUT2D eigenvalue weighted by Crippen LogP contribution is -2.46. The van der Waals surface area contributed by atoms with E-state index in [1.165, 1.54) is 5.57 Å². The third kappa shape index (κ3) is 3.96. The highest BCUT2D eigenvalue weighted by molar-refractivity contribution is 6.11. The van der Waals surface area contributed by atoms with Gasteiger partial charge in [-0.3, -0.25) is 4.90 Å². The summed E-state index contributed by atoms with van der Waals surface area (Å²) in [6.07, 6.45) is 2.67. The van der Waals surface area contributed by atoms with Crippen LogP contribution in [0.5, 0.6) is 0 Å². The molecule has 3 heteroatoms. The molecule has 2 nitrogen and oxygen atoms in total. The first kappa shape index (κ1) is 10.8. The molecule has 0 amide bonds. The van der Waals surface area contributed by atoms with E-state index in [2.05, 4.69) is 39.6 Å². The van der Waals surface area contributed by atoms with Crippen molar-refractivity contribution >= 4 is 7.85 Å². The van der Waals surface area contributed by atoms with Gasteiger partial charge in [0.15, 0.2) is 0 Å². The first-order valence-corrected chi connectivity index (χ1v) is 5.09. The Kier molecular flexibility index (Phi) is 4.01. The lowest BCUT2D eigenvalue weighted by Gasteiger charge is -2.34. The van der Waals surface area contributed by atoms with E-state index in [-0.39, 0.29) is 0 Å². The van der Waals surface area contributed by atoms with Gasteiger partial charge in [0, 0.05) is 25.6 Å². The number of rotatable bonds is 2. The molecule has 0 radical (unpaired) electrons. The van der Waals surface area contributed by atoms with Crippen molar-refractivity contribution in [2.75, 3.05) is 19.6 Å². The molecule has 1 rings (SSSR count). The van der Waals surface area contributed by atoms with Crippen molar-refractivity contribution in [2.45, 2.75) is 32.9 Å². The van der Waals surface area contributed by atoms with Crippen LogP contribution in [0, 0.1) is 0 Å². The van der Waals surface area contributed by atoms with Crippen molar-refractivity contribution in [3.05, 3.63) is 11.6 Å². The molecule has 2 atom stereocenters. The molecule has 1 saturated heterocycles. The van der Waals surface area contributed by atoms with E-state index in [9.17, 15) is 0 Å². The van der Waals surface area contributed by atoms with Crippen LogP contribution in [0.25, 0.3) is 0 Å². The van der Waals surface area contributed by atoms with E-state index >= 15 is 0 Å². The quantitative estimate of drug-likeness (QED) is 0.457. The maximum Gasteiger partial charge on any atom is 0.140 e. The summed E-state index contributed by atoms with van der Waals surface area (Å²) in [6.45, 7) is 9.63. The molecule has 1 fully saturated rings. The van der Waals surface area contributed by atoms with Crippen molar-refractivity contribution in [3.8, 4) is 0 Å². The Hall–Kier alpha value is -0.275. The summed E-state index contributed by atoms with van der Waals surface area (Å²) in [4.78, 5) is 2.45. The fourth-order valence-electron chi connectivity index (χ4n) is 1.75. The van der Waals surface area contributed by atoms with Gasteiger partial charge >= 0.3 is 0 Å². The number of nitrogens with zero attached hydrogens (tertiary/aromatic N) is 1. The Morgan fingerprint density at radius 1 is 1.54 bits per heavy atom. The number of hydrogen-bond donors (Lipinski definition) is 0. The van der Waals surface area contributed by atoms with E-state index in [0.717, 1.165) is 19.6 Å². The molecule has 1 aliphatic heterocycles. The van der Waals surface area contributed by atoms with Crippen LogP contribution in [-0.2, 0) is 4.74 Å². The van der Waals surface area contributed by atoms with Crippen molar-refractivity contribution in [1.82, 2.24) is 4.90 Å². The number of ether oxygens (including phenoxy) is 1. The maximum absolute atomic E-state index is 5.66. The fourth-order valence-corrected chi connectivity index (χ4v) is 1.75. The predicted octanol–water partition coefficient (Wildman–Crippen LogP) is 0.632. The molecule has 1 heterocycles. The summed E-state index contributed by atoms with van der Waals surface area (Å²) in [5.41, 5.74) is 1.40. The van der Waals surface area contributed by atoms with Gasteiger partial charge < -0.3 is 4.74 Å². The second kappa shape index (κ2) is 4.82. The summed E-state index contributed by atoms with van der Waals surface area (Å²) < 4.78 is 5.66. The van der Waals surface area contributed by atoms with Gasteiger partial charge in [0.2, 0.25) is 0 Å². The van der Waals surface area contributed by atoms with E-state index in [1.54, 1.807) is 0 Å². The van der Waals surface area contributed by atoms with Crippen LogP contribution < -0.4 is 0 Å². The molecule has 0 saturated carbocycles. The SMILES string of the molecule is BC1CN(CC=C(C)C)CC(C)O1. The van der Waals surface area contributed by atoms with Gasteiger partial charge in [0.1, 0.15) is 7.85 Å². The van der Waals surface area contributed by atoms with Crippen LogP contribution in [0.4, 0.5) is 0 Å². The zero-order valence-electron chi connectivity index (χ0n) is 9.21. The summed E-state index contributed by atoms with van der Waals surface area (Å²) in [7, 11) is 2.14. The smallest absolute Gasteiger partial charge is 0.140 e. The number of hydrogen-bond acceptors (Lipinski definition) is 2. The van der Waals surface area contributed by atoms with E-state index in [0.29, 0.717) is 12.1 Å². The molecule has 0 aliphatic carbocycles. The van der Waals surface area contributed by atoms with Gasteiger partial charge in [0.05, 0.1) is 6.10 Å². The van der Waals surface area contributed by atoms with Gasteiger partial charge in [0.25, 0.3) is 0 Å². The Morgan fingerprint density at radius 3 is 2.77 bits per heavy atom. The average molecular weight is 181 g/mol. The predicted molar refractivity (Wildman–Crippen MR) is 58.8 cm³/mol. The molecule has 0 spiro atoms. The van der Waals surface area contributed by atoms with Crippen molar-refractivity contribution in [2.24, 2.45) is 0 Å². The van der Waals surface area contributed by atoms with Crippen molar-refractivity contribution in [3.63, 3.8) is 0 Å². The van der Waals surface area contributed by atoms with Gasteiger partial charge in [-0.15, -0.1) is 0 Å². The molecule has 0 bridgehead atoms. The van der Waals surface area contributed by atoms with Crippen molar-refractivity contribution < 1.29 is 4.74 Å². The Morgan fingerprint density at radius 2 is 2.23 bits per heavy atom. The summed E-state index contributed by atoms with van der Waals surface area (Å²) in [6, 6.07) is 0.384. The highest BCUT2D eigenvalue weighted by Crippen LogP contribution is 2.08. The molecule has 74 valence electrons. The molecule has 13 heavy (non-hydrogen) atoms. The van der Waals surface area contributed by atoms with Gasteiger partial charge in [-0.1, -0.05) is 11.6 Å². The normalized spacial score (nSPS) is 30.1. The van der Waals surface area contributed by atoms with Gasteiger partial charge in [-0.2, -0.15) is 0 Å². The van der Waals surface area contributed by atoms with Crippen LogP contribution in [0.1, 0.15) is 20.8 Å². The second-order valence-corrected chi connectivity index (χ2v) is 4.26. The second-order valence-electron chi connectivity index (χ2n) is 4.26. The minimum absolute atomic E-state index is 0.384. The topological polar surface area (TPSA) is 12.5 Å². The van der Waals surface area contributed by atoms with Crippen molar-refractivity contribution in [1.29, 1.82) is 0 Å². The largest absolute Gasteiger partial charge is 0.382 e. The Balaban J connectivity index is 2.37. The number of allylic oxidation sites excluding steroid dienone is 1.